The van der Waals surface area contributed by atoms with Crippen LogP contribution in [-0.2, 0) is 14.9 Å². The first-order valence-electron chi connectivity index (χ1n) is 13.5. The molecule has 1 saturated heterocycles. The first-order valence-corrected chi connectivity index (χ1v) is 15.1. The normalized spacial score (nSPS) is 21.4. The number of nitrogens with one attached hydrogen (secondary N) is 2. The van der Waals surface area contributed by atoms with E-state index in [2.05, 4.69) is 32.6 Å². The SMILES string of the molecule is COC(=O)c1cc(Br)c(NC(=O)C2NC(CC(C)(C)C)C(C#N)(c3ccc(Cl)cc3F)C2c2cccc(Cl)c2F)cc1OC. The number of hydrogen-bond donors (Lipinski definition) is 2. The molecule has 7 nitrogen and oxygen atoms in total. The Morgan fingerprint density at radius 3 is 2.43 bits per heavy atom. The summed E-state index contributed by atoms with van der Waals surface area (Å²) in [5.41, 5.74) is -1.90. The van der Waals surface area contributed by atoms with Gasteiger partial charge in [0.15, 0.2) is 0 Å². The van der Waals surface area contributed by atoms with Crippen molar-refractivity contribution in [2.24, 2.45) is 5.41 Å². The fourth-order valence-corrected chi connectivity index (χ4v) is 6.64. The number of amides is 1. The lowest BCUT2D eigenvalue weighted by atomic mass is 9.62. The van der Waals surface area contributed by atoms with Gasteiger partial charge in [0.25, 0.3) is 0 Å². The fraction of sp³-hybridized carbons (Fsp3) is 0.344. The molecule has 3 aromatic carbocycles. The zero-order valence-corrected chi connectivity index (χ0v) is 27.6. The minimum Gasteiger partial charge on any atom is -0.496 e. The molecule has 0 bridgehead atoms. The van der Waals surface area contributed by atoms with Crippen molar-refractivity contribution in [3.05, 3.63) is 91.4 Å². The molecule has 0 saturated carbocycles. The van der Waals surface area contributed by atoms with Gasteiger partial charge in [-0.3, -0.25) is 4.79 Å². The third kappa shape index (κ3) is 6.29. The number of nitriles is 1. The first kappa shape index (κ1) is 33.7. The van der Waals surface area contributed by atoms with Gasteiger partial charge in [-0.25, -0.2) is 13.6 Å². The molecule has 44 heavy (non-hydrogen) atoms. The standard InChI is InChI=1S/C32H30BrCl2F2N3O4/c1-31(2,3)14-25-32(15-38,19-10-9-16(34)11-22(19)36)26(17-7-6-8-21(35)27(17)37)28(40-25)29(41)39-23-13-24(43-4)18(12-20(23)33)30(42)44-5/h6-13,25-26,28,40H,14H2,1-5H3,(H,39,41). The molecular weight excluding hydrogens is 679 g/mol. The molecule has 0 radical (unpaired) electrons. The van der Waals surface area contributed by atoms with E-state index >= 15 is 8.78 Å². The van der Waals surface area contributed by atoms with Gasteiger partial charge < -0.3 is 20.1 Å². The fourth-order valence-electron chi connectivity index (χ4n) is 5.85. The van der Waals surface area contributed by atoms with Gasteiger partial charge in [0.1, 0.15) is 28.4 Å². The third-order valence-electron chi connectivity index (χ3n) is 7.68. The highest BCUT2D eigenvalue weighted by Crippen LogP contribution is 2.53. The highest BCUT2D eigenvalue weighted by molar-refractivity contribution is 9.10. The number of methoxy groups -OCH3 is 2. The van der Waals surface area contributed by atoms with Crippen LogP contribution in [0.3, 0.4) is 0 Å². The lowest BCUT2D eigenvalue weighted by Gasteiger charge is -2.37. The second kappa shape index (κ2) is 13.0. The number of rotatable bonds is 7. The first-order chi connectivity index (χ1) is 20.7. The maximum absolute atomic E-state index is 15.9. The van der Waals surface area contributed by atoms with E-state index in [-0.39, 0.29) is 38.2 Å². The Morgan fingerprint density at radius 2 is 1.84 bits per heavy atom. The number of anilines is 1. The molecule has 2 N–H and O–H groups in total. The van der Waals surface area contributed by atoms with Crippen LogP contribution in [0, 0.1) is 28.4 Å². The number of carbonyl (C=O) groups excluding carboxylic acids is 2. The Labute approximate surface area is 272 Å². The maximum Gasteiger partial charge on any atom is 0.341 e. The predicted octanol–water partition coefficient (Wildman–Crippen LogP) is 7.79. The van der Waals surface area contributed by atoms with Gasteiger partial charge in [-0.2, -0.15) is 5.26 Å². The number of hydrogen-bond acceptors (Lipinski definition) is 6. The molecule has 4 atom stereocenters. The Morgan fingerprint density at radius 1 is 1.14 bits per heavy atom. The van der Waals surface area contributed by atoms with Gasteiger partial charge in [-0.05, 0) is 57.6 Å². The zero-order valence-electron chi connectivity index (χ0n) is 24.5. The Bertz CT molecular complexity index is 1660. The quantitative estimate of drug-likeness (QED) is 0.243. The summed E-state index contributed by atoms with van der Waals surface area (Å²) in [5.74, 6) is -4.00. The Kier molecular flexibility index (Phi) is 9.96. The van der Waals surface area contributed by atoms with Gasteiger partial charge >= 0.3 is 5.97 Å². The van der Waals surface area contributed by atoms with Gasteiger partial charge in [-0.1, -0.05) is 62.2 Å². The second-order valence-corrected chi connectivity index (χ2v) is 13.4. The van der Waals surface area contributed by atoms with Crippen molar-refractivity contribution < 1.29 is 27.8 Å². The molecule has 1 heterocycles. The molecular formula is C32H30BrCl2F2N3O4. The van der Waals surface area contributed by atoms with Crippen molar-refractivity contribution >= 4 is 56.7 Å². The van der Waals surface area contributed by atoms with Crippen molar-refractivity contribution in [3.63, 3.8) is 0 Å². The lowest BCUT2D eigenvalue weighted by molar-refractivity contribution is -0.118. The highest BCUT2D eigenvalue weighted by atomic mass is 79.9. The van der Waals surface area contributed by atoms with Gasteiger partial charge in [0, 0.05) is 33.1 Å². The van der Waals surface area contributed by atoms with Gasteiger partial charge in [-0.15, -0.1) is 0 Å². The van der Waals surface area contributed by atoms with E-state index in [1.54, 1.807) is 0 Å². The third-order valence-corrected chi connectivity index (χ3v) is 8.87. The monoisotopic (exact) mass is 707 g/mol. The zero-order chi connectivity index (χ0) is 32.6. The Hall–Kier alpha value is -3.23. The number of carbonyl (C=O) groups is 2. The topological polar surface area (TPSA) is 100 Å². The van der Waals surface area contributed by atoms with E-state index in [0.29, 0.717) is 10.9 Å². The molecule has 12 heteroatoms. The lowest BCUT2D eigenvalue weighted by Crippen LogP contribution is -2.45. The highest BCUT2D eigenvalue weighted by Gasteiger charge is 2.61. The summed E-state index contributed by atoms with van der Waals surface area (Å²) in [7, 11) is 2.59. The van der Waals surface area contributed by atoms with Crippen LogP contribution in [0.4, 0.5) is 14.5 Å². The van der Waals surface area contributed by atoms with Crippen LogP contribution in [0.25, 0.3) is 0 Å². The summed E-state index contributed by atoms with van der Waals surface area (Å²) in [4.78, 5) is 26.4. The molecule has 0 aromatic heterocycles. The van der Waals surface area contributed by atoms with Crippen LogP contribution in [0.2, 0.25) is 10.0 Å². The summed E-state index contributed by atoms with van der Waals surface area (Å²) in [6, 6.07) is 11.4. The molecule has 1 aliphatic heterocycles. The van der Waals surface area contributed by atoms with E-state index in [1.165, 1.54) is 56.7 Å². The van der Waals surface area contributed by atoms with Crippen LogP contribution in [0.5, 0.6) is 5.75 Å². The van der Waals surface area contributed by atoms with E-state index in [0.717, 1.165) is 6.07 Å². The summed E-state index contributed by atoms with van der Waals surface area (Å²) >= 11 is 15.7. The molecule has 1 amide bonds. The van der Waals surface area contributed by atoms with Crippen LogP contribution in [0.15, 0.2) is 53.0 Å². The molecule has 0 spiro atoms. The predicted molar refractivity (Wildman–Crippen MR) is 168 cm³/mol. The molecule has 4 unspecified atom stereocenters. The average molecular weight is 709 g/mol. The van der Waals surface area contributed by atoms with E-state index in [9.17, 15) is 14.9 Å². The minimum absolute atomic E-state index is 0.0314. The minimum atomic E-state index is -1.78. The van der Waals surface area contributed by atoms with Crippen LogP contribution >= 0.6 is 39.1 Å². The van der Waals surface area contributed by atoms with Crippen molar-refractivity contribution in [1.82, 2.24) is 5.32 Å². The molecule has 0 aliphatic carbocycles. The van der Waals surface area contributed by atoms with Crippen molar-refractivity contribution in [2.45, 2.75) is 50.6 Å². The average Bonchev–Trinajstić information content (AvgIpc) is 3.27. The van der Waals surface area contributed by atoms with E-state index < -0.39 is 52.3 Å². The molecule has 1 fully saturated rings. The summed E-state index contributed by atoms with van der Waals surface area (Å²) in [6.45, 7) is 5.84. The van der Waals surface area contributed by atoms with Crippen LogP contribution in [-0.4, -0.2) is 38.2 Å². The summed E-state index contributed by atoms with van der Waals surface area (Å²) < 4.78 is 42.2. The van der Waals surface area contributed by atoms with Crippen molar-refractivity contribution in [2.75, 3.05) is 19.5 Å². The van der Waals surface area contributed by atoms with Gasteiger partial charge in [0.2, 0.25) is 5.91 Å². The number of nitrogens with zero attached hydrogens (tertiary/aromatic N) is 1. The van der Waals surface area contributed by atoms with Crippen molar-refractivity contribution in [3.8, 4) is 11.8 Å². The van der Waals surface area contributed by atoms with Crippen molar-refractivity contribution in [1.29, 1.82) is 5.26 Å². The number of halogens is 5. The maximum atomic E-state index is 15.9. The second-order valence-electron chi connectivity index (χ2n) is 11.7. The van der Waals surface area contributed by atoms with Crippen LogP contribution < -0.4 is 15.4 Å². The molecule has 1 aliphatic rings. The number of ether oxygens (including phenoxy) is 2. The summed E-state index contributed by atoms with van der Waals surface area (Å²) in [5, 5.41) is 17.0. The molecule has 3 aromatic rings. The number of esters is 1. The Balaban J connectivity index is 1.94. The van der Waals surface area contributed by atoms with E-state index in [4.69, 9.17) is 32.7 Å². The molecule has 232 valence electrons. The van der Waals surface area contributed by atoms with Crippen LogP contribution in [0.1, 0.15) is 54.6 Å². The molecule has 4 rings (SSSR count). The largest absolute Gasteiger partial charge is 0.496 e. The smallest absolute Gasteiger partial charge is 0.341 e. The summed E-state index contributed by atoms with van der Waals surface area (Å²) in [6.07, 6.45) is 0.316. The number of benzene rings is 3. The van der Waals surface area contributed by atoms with E-state index in [1.807, 2.05) is 20.8 Å². The van der Waals surface area contributed by atoms with Gasteiger partial charge in [0.05, 0.1) is 37.0 Å².